The number of rotatable bonds is 0. The van der Waals surface area contributed by atoms with Gasteiger partial charge in [0.2, 0.25) is 0 Å². The Morgan fingerprint density at radius 3 is 2.47 bits per heavy atom. The molecule has 82 valence electrons. The van der Waals surface area contributed by atoms with Crippen molar-refractivity contribution in [2.75, 3.05) is 0 Å². The van der Waals surface area contributed by atoms with Gasteiger partial charge in [0.25, 0.3) is 0 Å². The zero-order valence-corrected chi connectivity index (χ0v) is 10.3. The van der Waals surface area contributed by atoms with Gasteiger partial charge in [-0.05, 0) is 51.6 Å². The lowest BCUT2D eigenvalue weighted by atomic mass is 9.86. The first-order chi connectivity index (χ1) is 8.34. The second-order valence-corrected chi connectivity index (χ2v) is 5.23. The molecule has 0 amide bonds. The molecule has 0 heterocycles. The molecule has 1 heteroatoms. The average molecular weight is 236 g/mol. The van der Waals surface area contributed by atoms with Crippen LogP contribution in [0, 0.1) is 0 Å². The van der Waals surface area contributed by atoms with Crippen molar-refractivity contribution in [3.05, 3.63) is 53.6 Å². The van der Waals surface area contributed by atoms with Crippen LogP contribution in [0.3, 0.4) is 0 Å². The molecule has 4 rings (SSSR count). The highest BCUT2D eigenvalue weighted by Crippen LogP contribution is 2.37. The molecule has 0 radical (unpaired) electrons. The summed E-state index contributed by atoms with van der Waals surface area (Å²) in [5, 5.41) is 5.53. The van der Waals surface area contributed by atoms with Crippen molar-refractivity contribution in [1.29, 1.82) is 0 Å². The van der Waals surface area contributed by atoms with E-state index in [9.17, 15) is 0 Å². The molecule has 0 atom stereocenters. The summed E-state index contributed by atoms with van der Waals surface area (Å²) in [5.41, 5.74) is 2.96. The number of thiol groups is 1. The van der Waals surface area contributed by atoms with E-state index in [0.29, 0.717) is 0 Å². The Hall–Kier alpha value is -1.47. The molecule has 0 fully saturated rings. The van der Waals surface area contributed by atoms with Gasteiger partial charge in [-0.25, -0.2) is 0 Å². The zero-order chi connectivity index (χ0) is 11.4. The molecule has 0 spiro atoms. The normalized spacial score (nSPS) is 13.7. The second kappa shape index (κ2) is 3.27. The van der Waals surface area contributed by atoms with E-state index in [1.54, 1.807) is 0 Å². The first-order valence-corrected chi connectivity index (χ1v) is 6.44. The molecule has 3 aromatic carbocycles. The van der Waals surface area contributed by atoms with Crippen LogP contribution in [0.5, 0.6) is 0 Å². The van der Waals surface area contributed by atoms with Gasteiger partial charge in [0.15, 0.2) is 0 Å². The molecule has 1 aliphatic rings. The lowest BCUT2D eigenvalue weighted by Gasteiger charge is -2.19. The molecule has 0 saturated carbocycles. The molecule has 0 aromatic heterocycles. The fourth-order valence-electron chi connectivity index (χ4n) is 3.04. The standard InChI is InChI=1S/C16H12S/c17-14-9-7-12-5-4-10-2-1-3-11-6-8-13(14)16(12)15(10)11/h1-3,6-9,17H,4-5H2. The molecular formula is C16H12S. The number of hydrogen-bond donors (Lipinski definition) is 1. The van der Waals surface area contributed by atoms with Gasteiger partial charge in [-0.1, -0.05) is 36.4 Å². The van der Waals surface area contributed by atoms with Crippen molar-refractivity contribution in [3.8, 4) is 0 Å². The summed E-state index contributed by atoms with van der Waals surface area (Å²) in [6.07, 6.45) is 2.32. The zero-order valence-electron chi connectivity index (χ0n) is 9.40. The quantitative estimate of drug-likeness (QED) is 0.434. The highest BCUT2D eigenvalue weighted by molar-refractivity contribution is 7.80. The van der Waals surface area contributed by atoms with Crippen LogP contribution in [-0.2, 0) is 12.8 Å². The smallest absolute Gasteiger partial charge is 0.0119 e. The van der Waals surface area contributed by atoms with Crippen molar-refractivity contribution in [2.24, 2.45) is 0 Å². The Bertz CT molecular complexity index is 756. The number of aryl methyl sites for hydroxylation is 2. The molecule has 17 heavy (non-hydrogen) atoms. The monoisotopic (exact) mass is 236 g/mol. The van der Waals surface area contributed by atoms with Gasteiger partial charge in [0, 0.05) is 4.90 Å². The van der Waals surface area contributed by atoms with Gasteiger partial charge in [-0.3, -0.25) is 0 Å². The summed E-state index contributed by atoms with van der Waals surface area (Å²) in [4.78, 5) is 1.09. The van der Waals surface area contributed by atoms with Crippen LogP contribution in [0.2, 0.25) is 0 Å². The Morgan fingerprint density at radius 1 is 0.765 bits per heavy atom. The van der Waals surface area contributed by atoms with E-state index in [-0.39, 0.29) is 0 Å². The van der Waals surface area contributed by atoms with E-state index < -0.39 is 0 Å². The number of hydrogen-bond acceptors (Lipinski definition) is 1. The summed E-state index contributed by atoms with van der Waals surface area (Å²) in [5.74, 6) is 0. The Balaban J connectivity index is 2.39. The van der Waals surface area contributed by atoms with Crippen molar-refractivity contribution in [1.82, 2.24) is 0 Å². The average Bonchev–Trinajstić information content (AvgIpc) is 2.38. The maximum absolute atomic E-state index is 4.58. The molecule has 0 aliphatic heterocycles. The third-order valence-corrected chi connectivity index (χ3v) is 4.22. The predicted octanol–water partition coefficient (Wildman–Crippen LogP) is 4.38. The van der Waals surface area contributed by atoms with Crippen LogP contribution in [0.25, 0.3) is 21.5 Å². The van der Waals surface area contributed by atoms with Crippen LogP contribution >= 0.6 is 12.6 Å². The van der Waals surface area contributed by atoms with Crippen LogP contribution in [0.1, 0.15) is 11.1 Å². The Kier molecular flexibility index (Phi) is 1.84. The fourth-order valence-corrected chi connectivity index (χ4v) is 3.30. The highest BCUT2D eigenvalue weighted by Gasteiger charge is 2.15. The molecular weight excluding hydrogens is 224 g/mol. The Morgan fingerprint density at radius 2 is 1.59 bits per heavy atom. The van der Waals surface area contributed by atoms with Gasteiger partial charge in [-0.15, -0.1) is 12.6 Å². The van der Waals surface area contributed by atoms with E-state index in [1.165, 1.54) is 32.7 Å². The van der Waals surface area contributed by atoms with E-state index in [4.69, 9.17) is 0 Å². The molecule has 0 bridgehead atoms. The number of benzene rings is 3. The molecule has 0 nitrogen and oxygen atoms in total. The molecule has 0 N–H and O–H groups in total. The SMILES string of the molecule is Sc1ccc2c3c1ccc1cccc(c13)CC2. The van der Waals surface area contributed by atoms with Gasteiger partial charge in [0.05, 0.1) is 0 Å². The van der Waals surface area contributed by atoms with Crippen molar-refractivity contribution in [3.63, 3.8) is 0 Å². The minimum Gasteiger partial charge on any atom is -0.143 e. The summed E-state index contributed by atoms with van der Waals surface area (Å²) in [6.45, 7) is 0. The van der Waals surface area contributed by atoms with Crippen molar-refractivity contribution in [2.45, 2.75) is 17.7 Å². The molecule has 0 saturated heterocycles. The van der Waals surface area contributed by atoms with Gasteiger partial charge in [0.1, 0.15) is 0 Å². The first-order valence-electron chi connectivity index (χ1n) is 6.00. The topological polar surface area (TPSA) is 0 Å². The maximum Gasteiger partial charge on any atom is 0.0119 e. The van der Waals surface area contributed by atoms with E-state index in [2.05, 4.69) is 55.1 Å². The minimum absolute atomic E-state index is 1.09. The largest absolute Gasteiger partial charge is 0.143 e. The lowest BCUT2D eigenvalue weighted by Crippen LogP contribution is -2.01. The van der Waals surface area contributed by atoms with Gasteiger partial charge < -0.3 is 0 Å². The van der Waals surface area contributed by atoms with Crippen molar-refractivity contribution >= 4 is 34.2 Å². The summed E-state index contributed by atoms with van der Waals surface area (Å²) >= 11 is 4.58. The summed E-state index contributed by atoms with van der Waals surface area (Å²) < 4.78 is 0. The van der Waals surface area contributed by atoms with Crippen molar-refractivity contribution < 1.29 is 0 Å². The Labute approximate surface area is 106 Å². The predicted molar refractivity (Wildman–Crippen MR) is 76.1 cm³/mol. The maximum atomic E-state index is 4.58. The highest BCUT2D eigenvalue weighted by atomic mass is 32.1. The fraction of sp³-hybridized carbons (Fsp3) is 0.125. The van der Waals surface area contributed by atoms with Crippen LogP contribution in [-0.4, -0.2) is 0 Å². The first kappa shape index (κ1) is 9.55. The molecule has 3 aromatic rings. The minimum atomic E-state index is 1.09. The molecule has 1 aliphatic carbocycles. The van der Waals surface area contributed by atoms with Crippen LogP contribution in [0.15, 0.2) is 47.4 Å². The van der Waals surface area contributed by atoms with Gasteiger partial charge >= 0.3 is 0 Å². The third kappa shape index (κ3) is 1.20. The second-order valence-electron chi connectivity index (χ2n) is 4.75. The molecule has 0 unspecified atom stereocenters. The third-order valence-electron chi connectivity index (χ3n) is 3.84. The van der Waals surface area contributed by atoms with E-state index in [1.807, 2.05) is 0 Å². The summed E-state index contributed by atoms with van der Waals surface area (Å²) in [6, 6.07) is 15.4. The lowest BCUT2D eigenvalue weighted by molar-refractivity contribution is 0.967. The van der Waals surface area contributed by atoms with E-state index in [0.717, 1.165) is 17.7 Å². The van der Waals surface area contributed by atoms with Crippen LogP contribution in [0.4, 0.5) is 0 Å². The van der Waals surface area contributed by atoms with Gasteiger partial charge in [-0.2, -0.15) is 0 Å². The van der Waals surface area contributed by atoms with Crippen LogP contribution < -0.4 is 0 Å². The summed E-state index contributed by atoms with van der Waals surface area (Å²) in [7, 11) is 0. The van der Waals surface area contributed by atoms with E-state index >= 15 is 0 Å².